The lowest BCUT2D eigenvalue weighted by Gasteiger charge is -2.11. The maximum atomic E-state index is 14.0. The average molecular weight is 463 g/mol. The number of amides is 1. The number of halogens is 2. The van der Waals surface area contributed by atoms with Gasteiger partial charge < -0.3 is 11.1 Å². The van der Waals surface area contributed by atoms with E-state index in [4.69, 9.17) is 17.3 Å². The van der Waals surface area contributed by atoms with Crippen LogP contribution in [0.3, 0.4) is 0 Å². The number of nitrogens with two attached hydrogens (primary N) is 1. The Balaban J connectivity index is 1.46. The molecule has 0 spiro atoms. The van der Waals surface area contributed by atoms with Gasteiger partial charge in [0.05, 0.1) is 29.3 Å². The van der Waals surface area contributed by atoms with Gasteiger partial charge in [-0.05, 0) is 42.8 Å². The van der Waals surface area contributed by atoms with Gasteiger partial charge in [-0.2, -0.15) is 10.2 Å². The Morgan fingerprint density at radius 2 is 1.97 bits per heavy atom. The molecule has 164 valence electrons. The second kappa shape index (κ2) is 7.99. The van der Waals surface area contributed by atoms with Crippen molar-refractivity contribution in [2.45, 2.75) is 6.92 Å². The molecular formula is C22H16ClFN8O. The monoisotopic (exact) mass is 462 g/mol. The van der Waals surface area contributed by atoms with Crippen LogP contribution in [0.4, 0.5) is 15.9 Å². The number of benzene rings is 2. The van der Waals surface area contributed by atoms with Crippen molar-refractivity contribution >= 4 is 34.7 Å². The molecule has 0 fully saturated rings. The van der Waals surface area contributed by atoms with Gasteiger partial charge >= 0.3 is 0 Å². The number of aryl methyl sites for hydroxylation is 1. The number of fused-ring (bicyclic) bond motifs is 1. The highest BCUT2D eigenvalue weighted by atomic mass is 35.5. The van der Waals surface area contributed by atoms with Crippen LogP contribution in [0.25, 0.3) is 22.6 Å². The number of hydrogen-bond donors (Lipinski definition) is 2. The molecule has 3 heterocycles. The molecule has 1 amide bonds. The Hall–Kier alpha value is -4.31. The van der Waals surface area contributed by atoms with Gasteiger partial charge in [0.1, 0.15) is 12.1 Å². The maximum absolute atomic E-state index is 14.0. The third-order valence-corrected chi connectivity index (χ3v) is 5.33. The molecule has 0 aliphatic carbocycles. The molecule has 5 aromatic rings. The van der Waals surface area contributed by atoms with Gasteiger partial charge in [-0.15, -0.1) is 0 Å². The van der Waals surface area contributed by atoms with Gasteiger partial charge in [-0.25, -0.2) is 23.6 Å². The minimum atomic E-state index is -0.654. The van der Waals surface area contributed by atoms with Crippen LogP contribution < -0.4 is 11.1 Å². The predicted molar refractivity (Wildman–Crippen MR) is 122 cm³/mol. The Kier molecular flexibility index (Phi) is 4.98. The number of nitrogens with zero attached hydrogens (tertiary/aromatic N) is 6. The summed E-state index contributed by atoms with van der Waals surface area (Å²) in [7, 11) is 0. The van der Waals surface area contributed by atoms with Gasteiger partial charge in [0.2, 0.25) is 0 Å². The van der Waals surface area contributed by atoms with E-state index in [0.717, 1.165) is 22.9 Å². The summed E-state index contributed by atoms with van der Waals surface area (Å²) in [6.45, 7) is 1.92. The lowest BCUT2D eigenvalue weighted by molar-refractivity contribution is 0.102. The zero-order valence-corrected chi connectivity index (χ0v) is 18.0. The summed E-state index contributed by atoms with van der Waals surface area (Å²) in [5.74, 6) is -0.980. The van der Waals surface area contributed by atoms with Gasteiger partial charge in [0, 0.05) is 22.5 Å². The normalized spacial score (nSPS) is 11.1. The topological polar surface area (TPSA) is 116 Å². The number of carbonyl (C=O) groups excluding carboxylic acids is 1. The van der Waals surface area contributed by atoms with Gasteiger partial charge in [0.15, 0.2) is 11.5 Å². The van der Waals surface area contributed by atoms with E-state index in [-0.39, 0.29) is 16.4 Å². The first-order valence-corrected chi connectivity index (χ1v) is 10.1. The standard InChI is InChI=1S/C22H16ClFN8O/c1-12-2-4-15(30-22(33)16-6-14(23)3-5-17(16)24)7-18(12)31-10-13(8-28-31)19-9-26-21-20(25)27-11-29-32(19)21/h2-11H,1H3,(H,30,33)(H2,25,27,29). The van der Waals surface area contributed by atoms with Gasteiger partial charge in [0.25, 0.3) is 5.91 Å². The van der Waals surface area contributed by atoms with Crippen LogP contribution in [0, 0.1) is 12.7 Å². The molecule has 0 unspecified atom stereocenters. The molecule has 0 bridgehead atoms. The van der Waals surface area contributed by atoms with Crippen molar-refractivity contribution in [3.63, 3.8) is 0 Å². The number of aromatic nitrogens is 6. The highest BCUT2D eigenvalue weighted by Gasteiger charge is 2.15. The smallest absolute Gasteiger partial charge is 0.258 e. The number of nitrogen functional groups attached to an aromatic ring is 1. The molecule has 5 rings (SSSR count). The third kappa shape index (κ3) is 3.76. The van der Waals surface area contributed by atoms with Crippen LogP contribution in [0.5, 0.6) is 0 Å². The van der Waals surface area contributed by atoms with E-state index in [2.05, 4.69) is 25.5 Å². The summed E-state index contributed by atoms with van der Waals surface area (Å²) in [5, 5.41) is 11.6. The van der Waals surface area contributed by atoms with Crippen molar-refractivity contribution in [1.82, 2.24) is 29.4 Å². The van der Waals surface area contributed by atoms with E-state index in [1.807, 2.05) is 19.2 Å². The Morgan fingerprint density at radius 3 is 2.82 bits per heavy atom. The van der Waals surface area contributed by atoms with Crippen molar-refractivity contribution in [3.05, 3.63) is 83.3 Å². The molecule has 3 N–H and O–H groups in total. The number of rotatable bonds is 4. The summed E-state index contributed by atoms with van der Waals surface area (Å²) < 4.78 is 17.3. The maximum Gasteiger partial charge on any atom is 0.258 e. The zero-order valence-electron chi connectivity index (χ0n) is 17.2. The summed E-state index contributed by atoms with van der Waals surface area (Å²) in [4.78, 5) is 20.8. The number of hydrogen-bond acceptors (Lipinski definition) is 6. The first-order valence-electron chi connectivity index (χ1n) is 9.77. The third-order valence-electron chi connectivity index (χ3n) is 5.10. The van der Waals surface area contributed by atoms with E-state index in [9.17, 15) is 9.18 Å². The Morgan fingerprint density at radius 1 is 1.12 bits per heavy atom. The molecule has 33 heavy (non-hydrogen) atoms. The molecule has 3 aromatic heterocycles. The SMILES string of the molecule is Cc1ccc(NC(=O)c2cc(Cl)ccc2F)cc1-n1cc(-c2cnc3c(N)ncnn23)cn1. The molecule has 0 saturated heterocycles. The van der Waals surface area contributed by atoms with Crippen LogP contribution in [-0.4, -0.2) is 35.3 Å². The lowest BCUT2D eigenvalue weighted by Crippen LogP contribution is -2.14. The van der Waals surface area contributed by atoms with Crippen molar-refractivity contribution in [2.24, 2.45) is 0 Å². The summed E-state index contributed by atoms with van der Waals surface area (Å²) >= 11 is 5.90. The van der Waals surface area contributed by atoms with E-state index in [1.54, 1.807) is 33.7 Å². The Bertz CT molecular complexity index is 1530. The van der Waals surface area contributed by atoms with Crippen molar-refractivity contribution < 1.29 is 9.18 Å². The van der Waals surface area contributed by atoms with Crippen LogP contribution in [0.1, 0.15) is 15.9 Å². The number of anilines is 2. The predicted octanol–water partition coefficient (Wildman–Crippen LogP) is 3.91. The number of carbonyl (C=O) groups is 1. The van der Waals surface area contributed by atoms with E-state index in [1.165, 1.54) is 18.5 Å². The minimum Gasteiger partial charge on any atom is -0.381 e. The Labute approximate surface area is 191 Å². The second-order valence-corrected chi connectivity index (χ2v) is 7.71. The highest BCUT2D eigenvalue weighted by molar-refractivity contribution is 6.31. The molecular weight excluding hydrogens is 447 g/mol. The van der Waals surface area contributed by atoms with Crippen molar-refractivity contribution in [2.75, 3.05) is 11.1 Å². The second-order valence-electron chi connectivity index (χ2n) is 7.28. The molecule has 2 aromatic carbocycles. The average Bonchev–Trinajstić information content (AvgIpc) is 3.44. The first kappa shape index (κ1) is 20.6. The molecule has 0 aliphatic rings. The lowest BCUT2D eigenvalue weighted by atomic mass is 10.1. The number of nitrogens with one attached hydrogen (secondary N) is 1. The molecule has 0 aliphatic heterocycles. The molecule has 9 nitrogen and oxygen atoms in total. The largest absolute Gasteiger partial charge is 0.381 e. The molecule has 0 radical (unpaired) electrons. The van der Waals surface area contributed by atoms with Crippen LogP contribution in [0.2, 0.25) is 5.02 Å². The van der Waals surface area contributed by atoms with E-state index < -0.39 is 11.7 Å². The van der Waals surface area contributed by atoms with E-state index in [0.29, 0.717) is 17.0 Å². The first-order chi connectivity index (χ1) is 15.9. The zero-order chi connectivity index (χ0) is 23.1. The summed E-state index contributed by atoms with van der Waals surface area (Å²) in [6.07, 6.45) is 6.49. The number of imidazole rings is 1. The highest BCUT2D eigenvalue weighted by Crippen LogP contribution is 2.25. The summed E-state index contributed by atoms with van der Waals surface area (Å²) in [5.41, 5.74) is 9.76. The summed E-state index contributed by atoms with van der Waals surface area (Å²) in [6, 6.07) is 9.14. The molecule has 0 atom stereocenters. The fourth-order valence-corrected chi connectivity index (χ4v) is 3.59. The van der Waals surface area contributed by atoms with Crippen molar-refractivity contribution in [3.8, 4) is 16.9 Å². The minimum absolute atomic E-state index is 0.139. The van der Waals surface area contributed by atoms with Crippen LogP contribution in [0.15, 0.2) is 61.3 Å². The fourth-order valence-electron chi connectivity index (χ4n) is 3.42. The fraction of sp³-hybridized carbons (Fsp3) is 0.0455. The van der Waals surface area contributed by atoms with Crippen LogP contribution >= 0.6 is 11.6 Å². The van der Waals surface area contributed by atoms with Crippen LogP contribution in [-0.2, 0) is 0 Å². The van der Waals surface area contributed by atoms with Crippen molar-refractivity contribution in [1.29, 1.82) is 0 Å². The molecule has 11 heteroatoms. The quantitative estimate of drug-likeness (QED) is 0.418. The van der Waals surface area contributed by atoms with E-state index >= 15 is 0 Å². The van der Waals surface area contributed by atoms with Gasteiger partial charge in [-0.1, -0.05) is 17.7 Å². The molecule has 0 saturated carbocycles. The van der Waals surface area contributed by atoms with Gasteiger partial charge in [-0.3, -0.25) is 4.79 Å².